The number of hydrogen-bond acceptors (Lipinski definition) is 2. The fraction of sp³-hybridized carbons (Fsp3) is 0.889. The van der Waals surface area contributed by atoms with E-state index in [0.29, 0.717) is 12.6 Å². The van der Waals surface area contributed by atoms with E-state index >= 15 is 0 Å². The normalized spacial score (nSPS) is 18.8. The van der Waals surface area contributed by atoms with Gasteiger partial charge in [-0.25, -0.2) is 0 Å². The summed E-state index contributed by atoms with van der Waals surface area (Å²) in [5, 5.41) is 5.78. The van der Waals surface area contributed by atoms with E-state index in [-0.39, 0.29) is 5.91 Å². The van der Waals surface area contributed by atoms with Gasteiger partial charge in [0.05, 0.1) is 6.54 Å². The van der Waals surface area contributed by atoms with Gasteiger partial charge in [-0.15, -0.1) is 0 Å². The molecular weight excluding hydrogens is 152 g/mol. The summed E-state index contributed by atoms with van der Waals surface area (Å²) >= 11 is 0. The average Bonchev–Trinajstić information content (AvgIpc) is 2.84. The van der Waals surface area contributed by atoms with E-state index in [9.17, 15) is 4.79 Å². The lowest BCUT2D eigenvalue weighted by Crippen LogP contribution is -2.36. The van der Waals surface area contributed by atoms with Gasteiger partial charge in [0, 0.05) is 13.1 Å². The van der Waals surface area contributed by atoms with Crippen LogP contribution in [0.3, 0.4) is 0 Å². The van der Waals surface area contributed by atoms with Gasteiger partial charge in [-0.05, 0) is 19.3 Å². The zero-order chi connectivity index (χ0) is 8.97. The van der Waals surface area contributed by atoms with Crippen molar-refractivity contribution in [3.05, 3.63) is 0 Å². The van der Waals surface area contributed by atoms with Gasteiger partial charge in [0.2, 0.25) is 5.91 Å². The third kappa shape index (κ3) is 3.72. The first kappa shape index (κ1) is 9.52. The molecule has 2 N–H and O–H groups in total. The van der Waals surface area contributed by atoms with Gasteiger partial charge in [-0.2, -0.15) is 0 Å². The highest BCUT2D eigenvalue weighted by Gasteiger charge is 2.23. The maximum Gasteiger partial charge on any atom is 0.233 e. The van der Waals surface area contributed by atoms with Crippen molar-refractivity contribution in [2.75, 3.05) is 13.6 Å². The quantitative estimate of drug-likeness (QED) is 0.631. The molecule has 0 spiro atoms. The van der Waals surface area contributed by atoms with E-state index in [1.807, 2.05) is 0 Å². The number of hydrogen-bond donors (Lipinski definition) is 2. The molecule has 0 aromatic rings. The highest BCUT2D eigenvalue weighted by Crippen LogP contribution is 2.33. The SMILES string of the molecule is CNC(=O)CNC(C)CC1CC1. The smallest absolute Gasteiger partial charge is 0.233 e. The first-order chi connectivity index (χ1) is 5.72. The van der Waals surface area contributed by atoms with Crippen LogP contribution in [0.5, 0.6) is 0 Å². The maximum absolute atomic E-state index is 10.8. The molecule has 1 fully saturated rings. The summed E-state index contributed by atoms with van der Waals surface area (Å²) in [6.07, 6.45) is 3.98. The van der Waals surface area contributed by atoms with E-state index in [1.165, 1.54) is 19.3 Å². The van der Waals surface area contributed by atoms with Crippen LogP contribution in [0, 0.1) is 5.92 Å². The topological polar surface area (TPSA) is 41.1 Å². The van der Waals surface area contributed by atoms with Crippen LogP contribution in [0.1, 0.15) is 26.2 Å². The summed E-state index contributed by atoms with van der Waals surface area (Å²) in [4.78, 5) is 10.8. The van der Waals surface area contributed by atoms with Gasteiger partial charge in [0.1, 0.15) is 0 Å². The Kier molecular flexibility index (Phi) is 3.53. The number of amides is 1. The summed E-state index contributed by atoms with van der Waals surface area (Å²) in [6.45, 7) is 2.59. The number of nitrogens with one attached hydrogen (secondary N) is 2. The van der Waals surface area contributed by atoms with E-state index < -0.39 is 0 Å². The van der Waals surface area contributed by atoms with Crippen LogP contribution >= 0.6 is 0 Å². The zero-order valence-corrected chi connectivity index (χ0v) is 7.89. The van der Waals surface area contributed by atoms with E-state index in [2.05, 4.69) is 17.6 Å². The molecule has 12 heavy (non-hydrogen) atoms. The Balaban J connectivity index is 2.00. The van der Waals surface area contributed by atoms with Gasteiger partial charge in [0.25, 0.3) is 0 Å². The van der Waals surface area contributed by atoms with Crippen molar-refractivity contribution in [3.8, 4) is 0 Å². The highest BCUT2D eigenvalue weighted by atomic mass is 16.1. The minimum atomic E-state index is 0.0673. The third-order valence-electron chi connectivity index (χ3n) is 2.27. The van der Waals surface area contributed by atoms with Gasteiger partial charge >= 0.3 is 0 Å². The Morgan fingerprint density at radius 2 is 2.25 bits per heavy atom. The van der Waals surface area contributed by atoms with Crippen molar-refractivity contribution in [1.29, 1.82) is 0 Å². The van der Waals surface area contributed by atoms with Crippen molar-refractivity contribution in [2.45, 2.75) is 32.2 Å². The van der Waals surface area contributed by atoms with Crippen molar-refractivity contribution in [3.63, 3.8) is 0 Å². The monoisotopic (exact) mass is 170 g/mol. The number of rotatable bonds is 5. The molecule has 3 heteroatoms. The summed E-state index contributed by atoms with van der Waals surface area (Å²) in [7, 11) is 1.66. The van der Waals surface area contributed by atoms with E-state index in [4.69, 9.17) is 0 Å². The molecule has 3 nitrogen and oxygen atoms in total. The van der Waals surface area contributed by atoms with Crippen LogP contribution in [0.4, 0.5) is 0 Å². The highest BCUT2D eigenvalue weighted by molar-refractivity contribution is 5.77. The van der Waals surface area contributed by atoms with Crippen LogP contribution in [0.15, 0.2) is 0 Å². The van der Waals surface area contributed by atoms with Gasteiger partial charge in [0.15, 0.2) is 0 Å². The molecule has 0 aromatic carbocycles. The molecule has 1 rings (SSSR count). The Hall–Kier alpha value is -0.570. The lowest BCUT2D eigenvalue weighted by molar-refractivity contribution is -0.119. The maximum atomic E-state index is 10.8. The first-order valence-electron chi connectivity index (χ1n) is 4.66. The van der Waals surface area contributed by atoms with Crippen molar-refractivity contribution in [2.24, 2.45) is 5.92 Å². The fourth-order valence-corrected chi connectivity index (χ4v) is 1.29. The second-order valence-corrected chi connectivity index (χ2v) is 3.63. The molecule has 1 amide bonds. The lowest BCUT2D eigenvalue weighted by atomic mass is 10.1. The van der Waals surface area contributed by atoms with Crippen molar-refractivity contribution < 1.29 is 4.79 Å². The molecule has 1 saturated carbocycles. The van der Waals surface area contributed by atoms with Gasteiger partial charge in [-0.1, -0.05) is 12.8 Å². The predicted octanol–water partition coefficient (Wildman–Crippen LogP) is 0.511. The molecule has 0 bridgehead atoms. The molecule has 1 aliphatic carbocycles. The minimum Gasteiger partial charge on any atom is -0.358 e. The van der Waals surface area contributed by atoms with Gasteiger partial charge < -0.3 is 10.6 Å². The molecule has 1 aliphatic rings. The molecule has 70 valence electrons. The van der Waals surface area contributed by atoms with Crippen molar-refractivity contribution in [1.82, 2.24) is 10.6 Å². The van der Waals surface area contributed by atoms with E-state index in [0.717, 1.165) is 5.92 Å². The molecule has 0 aromatic heterocycles. The number of likely N-dealkylation sites (N-methyl/N-ethyl adjacent to an activating group) is 1. The van der Waals surface area contributed by atoms with Crippen LogP contribution in [-0.4, -0.2) is 25.5 Å². The number of carbonyl (C=O) groups is 1. The molecular formula is C9H18N2O. The minimum absolute atomic E-state index is 0.0673. The largest absolute Gasteiger partial charge is 0.358 e. The second-order valence-electron chi connectivity index (χ2n) is 3.63. The van der Waals surface area contributed by atoms with Crippen LogP contribution in [-0.2, 0) is 4.79 Å². The Labute approximate surface area is 73.9 Å². The van der Waals surface area contributed by atoms with Crippen LogP contribution in [0.25, 0.3) is 0 Å². The Morgan fingerprint density at radius 3 is 2.75 bits per heavy atom. The summed E-state index contributed by atoms with van der Waals surface area (Å²) < 4.78 is 0. The van der Waals surface area contributed by atoms with E-state index in [1.54, 1.807) is 7.05 Å². The second kappa shape index (κ2) is 4.45. The zero-order valence-electron chi connectivity index (χ0n) is 7.89. The molecule has 1 atom stereocenters. The van der Waals surface area contributed by atoms with Crippen LogP contribution in [0.2, 0.25) is 0 Å². The molecule has 1 unspecified atom stereocenters. The standard InChI is InChI=1S/C9H18N2O/c1-7(5-8-3-4-8)11-6-9(12)10-2/h7-8,11H,3-6H2,1-2H3,(H,10,12). The third-order valence-corrected chi connectivity index (χ3v) is 2.27. The summed E-state index contributed by atoms with van der Waals surface area (Å²) in [6, 6.07) is 0.481. The summed E-state index contributed by atoms with van der Waals surface area (Å²) in [5.74, 6) is 0.995. The molecule has 0 heterocycles. The predicted molar refractivity (Wildman–Crippen MR) is 48.9 cm³/mol. The van der Waals surface area contributed by atoms with Gasteiger partial charge in [-0.3, -0.25) is 4.79 Å². The fourth-order valence-electron chi connectivity index (χ4n) is 1.29. The first-order valence-corrected chi connectivity index (χ1v) is 4.66. The van der Waals surface area contributed by atoms with Crippen LogP contribution < -0.4 is 10.6 Å². The Bertz CT molecular complexity index is 155. The average molecular weight is 170 g/mol. The van der Waals surface area contributed by atoms with Crippen molar-refractivity contribution >= 4 is 5.91 Å². The molecule has 0 aliphatic heterocycles. The Morgan fingerprint density at radius 1 is 1.58 bits per heavy atom. The summed E-state index contributed by atoms with van der Waals surface area (Å²) in [5.41, 5.74) is 0. The number of carbonyl (C=O) groups excluding carboxylic acids is 1. The molecule has 0 radical (unpaired) electrons. The molecule has 0 saturated heterocycles. The lowest BCUT2D eigenvalue weighted by Gasteiger charge is -2.11.